The summed E-state index contributed by atoms with van der Waals surface area (Å²) in [6, 6.07) is 7.86. The molecule has 96 valence electrons. The average molecular weight is 248 g/mol. The summed E-state index contributed by atoms with van der Waals surface area (Å²) < 4.78 is 10.7. The maximum absolute atomic E-state index is 11.3. The summed E-state index contributed by atoms with van der Waals surface area (Å²) >= 11 is 0. The first-order valence-corrected chi connectivity index (χ1v) is 6.06. The predicted molar refractivity (Wildman–Crippen MR) is 64.8 cm³/mol. The maximum Gasteiger partial charge on any atom is 0.312 e. The molecule has 1 aromatic rings. The zero-order chi connectivity index (χ0) is 12.8. The van der Waals surface area contributed by atoms with Gasteiger partial charge in [-0.15, -0.1) is 0 Å². The van der Waals surface area contributed by atoms with Crippen LogP contribution < -0.4 is 4.74 Å². The molecule has 18 heavy (non-hydrogen) atoms. The second-order valence-corrected chi connectivity index (χ2v) is 5.44. The Hall–Kier alpha value is -1.55. The molecule has 2 bridgehead atoms. The van der Waals surface area contributed by atoms with E-state index in [0.29, 0.717) is 26.1 Å². The smallest absolute Gasteiger partial charge is 0.312 e. The van der Waals surface area contributed by atoms with Gasteiger partial charge in [0, 0.05) is 5.41 Å². The van der Waals surface area contributed by atoms with Crippen molar-refractivity contribution in [3.8, 4) is 5.75 Å². The monoisotopic (exact) mass is 248 g/mol. The van der Waals surface area contributed by atoms with Crippen molar-refractivity contribution in [2.24, 2.45) is 5.41 Å². The fraction of sp³-hybridized carbons (Fsp3) is 0.500. The van der Waals surface area contributed by atoms with Crippen molar-refractivity contribution in [2.75, 3.05) is 20.3 Å². The van der Waals surface area contributed by atoms with Crippen LogP contribution in [0, 0.1) is 5.41 Å². The molecule has 0 atom stereocenters. The second kappa shape index (κ2) is 3.72. The van der Waals surface area contributed by atoms with Crippen LogP contribution in [0.1, 0.15) is 18.4 Å². The summed E-state index contributed by atoms with van der Waals surface area (Å²) in [6.45, 7) is 0.948. The number of benzene rings is 1. The largest absolute Gasteiger partial charge is 0.497 e. The van der Waals surface area contributed by atoms with E-state index in [1.54, 1.807) is 7.11 Å². The number of carboxylic acid groups (broad SMARTS) is 1. The molecule has 4 nitrogen and oxygen atoms in total. The van der Waals surface area contributed by atoms with Gasteiger partial charge in [-0.05, 0) is 30.5 Å². The van der Waals surface area contributed by atoms with E-state index in [-0.39, 0.29) is 5.41 Å². The molecule has 3 fully saturated rings. The number of carboxylic acids is 1. The Kier molecular flexibility index (Phi) is 2.38. The average Bonchev–Trinajstić information content (AvgIpc) is 2.38. The van der Waals surface area contributed by atoms with E-state index in [0.717, 1.165) is 11.3 Å². The van der Waals surface area contributed by atoms with Crippen LogP contribution in [0.5, 0.6) is 5.75 Å². The Labute approximate surface area is 106 Å². The lowest BCUT2D eigenvalue weighted by Gasteiger charge is -2.58. The van der Waals surface area contributed by atoms with Crippen LogP contribution in [-0.4, -0.2) is 31.4 Å². The summed E-state index contributed by atoms with van der Waals surface area (Å²) in [4.78, 5) is 11.3. The van der Waals surface area contributed by atoms with E-state index in [9.17, 15) is 9.90 Å². The van der Waals surface area contributed by atoms with Gasteiger partial charge in [-0.3, -0.25) is 4.79 Å². The van der Waals surface area contributed by atoms with Crippen molar-refractivity contribution >= 4 is 5.97 Å². The predicted octanol–water partition coefficient (Wildman–Crippen LogP) is 1.83. The Morgan fingerprint density at radius 2 is 2.17 bits per heavy atom. The molecule has 1 saturated carbocycles. The lowest BCUT2D eigenvalue weighted by molar-refractivity contribution is -0.192. The molecule has 1 N–H and O–H groups in total. The standard InChI is InChI=1S/C14H16O4/c1-17-11-4-2-3-10(5-11)13-6-14(7-13,12(15)16)9-18-8-13/h2-5H,6-9H2,1H3,(H,15,16). The number of hydrogen-bond acceptors (Lipinski definition) is 3. The van der Waals surface area contributed by atoms with Gasteiger partial charge in [-0.25, -0.2) is 0 Å². The first kappa shape index (κ1) is 11.5. The molecule has 0 aromatic heterocycles. The minimum atomic E-state index is -0.735. The molecule has 0 amide bonds. The summed E-state index contributed by atoms with van der Waals surface area (Å²) in [5.41, 5.74) is 0.324. The Bertz CT molecular complexity index is 488. The first-order valence-electron chi connectivity index (χ1n) is 6.06. The third-order valence-corrected chi connectivity index (χ3v) is 4.25. The van der Waals surface area contributed by atoms with Gasteiger partial charge >= 0.3 is 5.97 Å². The third kappa shape index (κ3) is 1.45. The first-order chi connectivity index (χ1) is 8.60. The minimum absolute atomic E-state index is 0.134. The lowest BCUT2D eigenvalue weighted by atomic mass is 9.49. The van der Waals surface area contributed by atoms with E-state index in [2.05, 4.69) is 0 Å². The summed E-state index contributed by atoms with van der Waals surface area (Å²) in [6.07, 6.45) is 1.34. The third-order valence-electron chi connectivity index (χ3n) is 4.25. The highest BCUT2D eigenvalue weighted by Crippen LogP contribution is 2.59. The van der Waals surface area contributed by atoms with E-state index < -0.39 is 11.4 Å². The molecule has 4 heteroatoms. The molecular weight excluding hydrogens is 232 g/mol. The van der Waals surface area contributed by atoms with Crippen LogP contribution >= 0.6 is 0 Å². The van der Waals surface area contributed by atoms with Crippen LogP contribution in [0.4, 0.5) is 0 Å². The molecule has 2 saturated heterocycles. The van der Waals surface area contributed by atoms with Crippen LogP contribution in [0.15, 0.2) is 24.3 Å². The van der Waals surface area contributed by atoms with Gasteiger partial charge in [0.2, 0.25) is 0 Å². The second-order valence-electron chi connectivity index (χ2n) is 5.44. The molecule has 4 rings (SSSR count). The summed E-state index contributed by atoms with van der Waals surface area (Å²) in [5, 5.41) is 9.29. The zero-order valence-electron chi connectivity index (χ0n) is 10.3. The highest BCUT2D eigenvalue weighted by Gasteiger charge is 2.63. The van der Waals surface area contributed by atoms with E-state index in [1.807, 2.05) is 24.3 Å². The quantitative estimate of drug-likeness (QED) is 0.886. The Morgan fingerprint density at radius 1 is 1.39 bits per heavy atom. The van der Waals surface area contributed by atoms with Gasteiger partial charge < -0.3 is 14.6 Å². The SMILES string of the molecule is COc1cccc(C23COCC(C(=O)O)(C2)C3)c1. The van der Waals surface area contributed by atoms with Gasteiger partial charge in [0.05, 0.1) is 25.7 Å². The van der Waals surface area contributed by atoms with Crippen molar-refractivity contribution in [3.63, 3.8) is 0 Å². The highest BCUT2D eigenvalue weighted by molar-refractivity contribution is 5.77. The van der Waals surface area contributed by atoms with Crippen molar-refractivity contribution < 1.29 is 19.4 Å². The minimum Gasteiger partial charge on any atom is -0.497 e. The maximum atomic E-state index is 11.3. The van der Waals surface area contributed by atoms with Gasteiger partial charge in [-0.1, -0.05) is 12.1 Å². The molecule has 1 aliphatic carbocycles. The Balaban J connectivity index is 1.91. The number of aliphatic carboxylic acids is 1. The topological polar surface area (TPSA) is 55.8 Å². The van der Waals surface area contributed by atoms with Crippen molar-refractivity contribution in [1.82, 2.24) is 0 Å². The number of ether oxygens (including phenoxy) is 2. The number of rotatable bonds is 3. The number of hydrogen-bond donors (Lipinski definition) is 1. The number of fused-ring (bicyclic) bond motifs is 2. The molecular formula is C14H16O4. The molecule has 3 aliphatic rings. The zero-order valence-corrected chi connectivity index (χ0v) is 10.3. The number of carbonyl (C=O) groups is 1. The molecule has 0 radical (unpaired) electrons. The van der Waals surface area contributed by atoms with Gasteiger partial charge in [0.15, 0.2) is 0 Å². The summed E-state index contributed by atoms with van der Waals surface area (Å²) in [7, 11) is 1.64. The molecule has 1 aromatic carbocycles. The van der Waals surface area contributed by atoms with Crippen LogP contribution in [0.2, 0.25) is 0 Å². The molecule has 0 spiro atoms. The van der Waals surface area contributed by atoms with Crippen LogP contribution in [0.3, 0.4) is 0 Å². The fourth-order valence-corrected chi connectivity index (χ4v) is 3.34. The van der Waals surface area contributed by atoms with E-state index in [4.69, 9.17) is 9.47 Å². The lowest BCUT2D eigenvalue weighted by Crippen LogP contribution is -2.62. The van der Waals surface area contributed by atoms with Gasteiger partial charge in [0.1, 0.15) is 5.75 Å². The molecule has 2 aliphatic heterocycles. The van der Waals surface area contributed by atoms with E-state index >= 15 is 0 Å². The van der Waals surface area contributed by atoms with Gasteiger partial charge in [-0.2, -0.15) is 0 Å². The normalized spacial score (nSPS) is 33.6. The highest BCUT2D eigenvalue weighted by atomic mass is 16.5. The van der Waals surface area contributed by atoms with Crippen molar-refractivity contribution in [1.29, 1.82) is 0 Å². The van der Waals surface area contributed by atoms with E-state index in [1.165, 1.54) is 0 Å². The van der Waals surface area contributed by atoms with Crippen LogP contribution in [0.25, 0.3) is 0 Å². The van der Waals surface area contributed by atoms with Crippen molar-refractivity contribution in [3.05, 3.63) is 29.8 Å². The number of methoxy groups -OCH3 is 1. The van der Waals surface area contributed by atoms with Crippen molar-refractivity contribution in [2.45, 2.75) is 18.3 Å². The molecule has 2 heterocycles. The van der Waals surface area contributed by atoms with Crippen LogP contribution in [-0.2, 0) is 14.9 Å². The summed E-state index contributed by atoms with van der Waals surface area (Å²) in [5.74, 6) is 0.0704. The molecule has 0 unspecified atom stereocenters. The van der Waals surface area contributed by atoms with Gasteiger partial charge in [0.25, 0.3) is 0 Å². The fourth-order valence-electron chi connectivity index (χ4n) is 3.34. The Morgan fingerprint density at radius 3 is 2.83 bits per heavy atom.